The van der Waals surface area contributed by atoms with Crippen LogP contribution in [-0.2, 0) is 13.9 Å². The standard InChI is InChI=1S/C21H38O4Si/c1-20(2,3)26(6,7)25-18-14-21(4)17(13-16(18)9-8-12-22)10-11-19(21)24-15-23-5/h8-9,13,17-19,22H,10-12,14-15H2,1-7H3/b9-8+/t17-,18-,19+,21+/m0/s1. The number of aliphatic hydroxyl groups excluding tert-OH is 1. The number of hydrogen-bond acceptors (Lipinski definition) is 4. The van der Waals surface area contributed by atoms with Gasteiger partial charge in [0.15, 0.2) is 8.32 Å². The summed E-state index contributed by atoms with van der Waals surface area (Å²) in [4.78, 5) is 0. The molecule has 1 fully saturated rings. The largest absolute Gasteiger partial charge is 0.410 e. The predicted molar refractivity (Wildman–Crippen MR) is 109 cm³/mol. The van der Waals surface area contributed by atoms with E-state index in [2.05, 4.69) is 52.9 Å². The molecule has 26 heavy (non-hydrogen) atoms. The van der Waals surface area contributed by atoms with Gasteiger partial charge in [0.2, 0.25) is 0 Å². The maximum Gasteiger partial charge on any atom is 0.192 e. The molecule has 0 bridgehead atoms. The number of hydrogen-bond donors (Lipinski definition) is 1. The lowest BCUT2D eigenvalue weighted by atomic mass is 9.68. The van der Waals surface area contributed by atoms with E-state index in [4.69, 9.17) is 13.9 Å². The first kappa shape index (κ1) is 21.8. The molecule has 150 valence electrons. The average Bonchev–Trinajstić information content (AvgIpc) is 2.84. The van der Waals surface area contributed by atoms with Crippen LogP contribution in [0.3, 0.4) is 0 Å². The molecule has 2 aliphatic carbocycles. The van der Waals surface area contributed by atoms with E-state index in [0.717, 1.165) is 19.3 Å². The fourth-order valence-electron chi connectivity index (χ4n) is 4.06. The molecule has 2 rings (SSSR count). The highest BCUT2D eigenvalue weighted by Gasteiger charge is 2.52. The normalized spacial score (nSPS) is 32.8. The van der Waals surface area contributed by atoms with Crippen molar-refractivity contribution in [1.29, 1.82) is 0 Å². The Morgan fingerprint density at radius 3 is 2.58 bits per heavy atom. The molecule has 0 heterocycles. The minimum Gasteiger partial charge on any atom is -0.410 e. The Hall–Kier alpha value is -0.463. The second-order valence-electron chi connectivity index (χ2n) is 9.57. The van der Waals surface area contributed by atoms with Crippen molar-refractivity contribution >= 4 is 8.32 Å². The number of rotatable bonds is 7. The van der Waals surface area contributed by atoms with Gasteiger partial charge in [-0.3, -0.25) is 0 Å². The molecule has 0 saturated heterocycles. The number of allylic oxidation sites excluding steroid dienone is 1. The smallest absolute Gasteiger partial charge is 0.192 e. The maximum atomic E-state index is 9.24. The summed E-state index contributed by atoms with van der Waals surface area (Å²) in [6.07, 6.45) is 9.68. The van der Waals surface area contributed by atoms with Crippen LogP contribution >= 0.6 is 0 Å². The summed E-state index contributed by atoms with van der Waals surface area (Å²) in [5, 5.41) is 9.41. The van der Waals surface area contributed by atoms with Crippen LogP contribution in [0.1, 0.15) is 47.0 Å². The van der Waals surface area contributed by atoms with Gasteiger partial charge in [-0.05, 0) is 48.9 Å². The second kappa shape index (κ2) is 8.27. The lowest BCUT2D eigenvalue weighted by Gasteiger charge is -2.46. The first-order valence-corrected chi connectivity index (χ1v) is 12.7. The third kappa shape index (κ3) is 4.50. The van der Waals surface area contributed by atoms with Crippen molar-refractivity contribution in [3.63, 3.8) is 0 Å². The molecule has 0 aromatic rings. The van der Waals surface area contributed by atoms with Crippen LogP contribution < -0.4 is 0 Å². The molecule has 0 radical (unpaired) electrons. The molecule has 0 aromatic heterocycles. The summed E-state index contributed by atoms with van der Waals surface area (Å²) < 4.78 is 18.0. The summed E-state index contributed by atoms with van der Waals surface area (Å²) in [6.45, 7) is 14.2. The first-order chi connectivity index (χ1) is 12.0. The zero-order valence-corrected chi connectivity index (χ0v) is 18.7. The predicted octanol–water partition coefficient (Wildman–Crippen LogP) is 4.66. The molecule has 0 aromatic carbocycles. The van der Waals surface area contributed by atoms with E-state index >= 15 is 0 Å². The third-order valence-corrected chi connectivity index (χ3v) is 11.2. The van der Waals surface area contributed by atoms with Gasteiger partial charge in [0.05, 0.1) is 18.8 Å². The van der Waals surface area contributed by atoms with Gasteiger partial charge in [0.25, 0.3) is 0 Å². The van der Waals surface area contributed by atoms with Crippen LogP contribution in [-0.4, -0.2) is 46.1 Å². The molecule has 1 N–H and O–H groups in total. The van der Waals surface area contributed by atoms with E-state index in [9.17, 15) is 5.11 Å². The van der Waals surface area contributed by atoms with Gasteiger partial charge in [0.1, 0.15) is 6.79 Å². The van der Waals surface area contributed by atoms with Crippen LogP contribution in [0, 0.1) is 11.3 Å². The third-order valence-electron chi connectivity index (χ3n) is 6.76. The zero-order valence-electron chi connectivity index (χ0n) is 17.7. The van der Waals surface area contributed by atoms with Crippen LogP contribution in [0.2, 0.25) is 18.1 Å². The lowest BCUT2D eigenvalue weighted by molar-refractivity contribution is -0.116. The summed E-state index contributed by atoms with van der Waals surface area (Å²) in [5.74, 6) is 0.488. The van der Waals surface area contributed by atoms with Gasteiger partial charge in [-0.15, -0.1) is 0 Å². The van der Waals surface area contributed by atoms with Crippen molar-refractivity contribution in [1.82, 2.24) is 0 Å². The molecule has 4 nitrogen and oxygen atoms in total. The summed E-state index contributed by atoms with van der Waals surface area (Å²) in [5.41, 5.74) is 1.29. The van der Waals surface area contributed by atoms with Gasteiger partial charge in [-0.1, -0.05) is 45.9 Å². The Labute approximate surface area is 160 Å². The summed E-state index contributed by atoms with van der Waals surface area (Å²) in [7, 11) is -0.223. The number of fused-ring (bicyclic) bond motifs is 1. The van der Waals surface area contributed by atoms with Gasteiger partial charge in [0, 0.05) is 12.5 Å². The fourth-order valence-corrected chi connectivity index (χ4v) is 5.34. The van der Waals surface area contributed by atoms with Crippen LogP contribution in [0.4, 0.5) is 0 Å². The van der Waals surface area contributed by atoms with Crippen molar-refractivity contribution in [2.45, 2.75) is 77.3 Å². The van der Waals surface area contributed by atoms with Crippen LogP contribution in [0.15, 0.2) is 23.8 Å². The minimum absolute atomic E-state index is 0.0612. The SMILES string of the molecule is COCO[C@@H]1CC[C@H]2C=C(/C=C/CO)[C@@H](O[Si](C)(C)C(C)(C)C)C[C@]21C. The molecular weight excluding hydrogens is 344 g/mol. The zero-order chi connectivity index (χ0) is 19.6. The Morgan fingerprint density at radius 1 is 1.31 bits per heavy atom. The Bertz CT molecular complexity index is 535. The average molecular weight is 383 g/mol. The minimum atomic E-state index is -1.90. The second-order valence-corrected chi connectivity index (χ2v) is 14.3. The fraction of sp³-hybridized carbons (Fsp3) is 0.810. The van der Waals surface area contributed by atoms with E-state index in [-0.39, 0.29) is 29.3 Å². The Kier molecular flexibility index (Phi) is 6.95. The lowest BCUT2D eigenvalue weighted by Crippen LogP contribution is -2.48. The van der Waals surface area contributed by atoms with Gasteiger partial charge < -0.3 is 19.0 Å². The number of methoxy groups -OCH3 is 1. The molecule has 0 amide bonds. The van der Waals surface area contributed by atoms with Crippen LogP contribution in [0.25, 0.3) is 0 Å². The highest BCUT2D eigenvalue weighted by molar-refractivity contribution is 6.74. The van der Waals surface area contributed by atoms with Crippen molar-refractivity contribution in [2.75, 3.05) is 20.5 Å². The highest BCUT2D eigenvalue weighted by atomic mass is 28.4. The topological polar surface area (TPSA) is 47.9 Å². The Morgan fingerprint density at radius 2 is 2.00 bits per heavy atom. The van der Waals surface area contributed by atoms with Gasteiger partial charge in [-0.25, -0.2) is 0 Å². The quantitative estimate of drug-likeness (QED) is 0.514. The van der Waals surface area contributed by atoms with E-state index in [0.29, 0.717) is 12.7 Å². The Balaban J connectivity index is 2.30. The molecule has 4 atom stereocenters. The molecule has 0 aliphatic heterocycles. The molecule has 1 saturated carbocycles. The summed E-state index contributed by atoms with van der Waals surface area (Å²) >= 11 is 0. The highest BCUT2D eigenvalue weighted by Crippen LogP contribution is 2.54. The molecular formula is C21H38O4Si. The van der Waals surface area contributed by atoms with Crippen molar-refractivity contribution in [2.24, 2.45) is 11.3 Å². The van der Waals surface area contributed by atoms with Gasteiger partial charge >= 0.3 is 0 Å². The maximum absolute atomic E-state index is 9.24. The molecule has 2 aliphatic rings. The van der Waals surface area contributed by atoms with Crippen LogP contribution in [0.5, 0.6) is 0 Å². The number of ether oxygens (including phenoxy) is 2. The molecule has 0 unspecified atom stereocenters. The monoisotopic (exact) mass is 382 g/mol. The van der Waals surface area contributed by atoms with E-state index in [1.165, 1.54) is 5.57 Å². The van der Waals surface area contributed by atoms with Crippen molar-refractivity contribution in [3.8, 4) is 0 Å². The molecule has 5 heteroatoms. The van der Waals surface area contributed by atoms with E-state index < -0.39 is 8.32 Å². The van der Waals surface area contributed by atoms with E-state index in [1.807, 2.05) is 6.08 Å². The molecule has 0 spiro atoms. The first-order valence-electron chi connectivity index (χ1n) is 9.82. The van der Waals surface area contributed by atoms with Crippen molar-refractivity contribution in [3.05, 3.63) is 23.8 Å². The number of aliphatic hydroxyl groups is 1. The van der Waals surface area contributed by atoms with E-state index in [1.54, 1.807) is 7.11 Å². The van der Waals surface area contributed by atoms with Gasteiger partial charge in [-0.2, -0.15) is 0 Å². The van der Waals surface area contributed by atoms with Crippen molar-refractivity contribution < 1.29 is 19.0 Å². The summed E-state index contributed by atoms with van der Waals surface area (Å²) in [6, 6.07) is 0.